The summed E-state index contributed by atoms with van der Waals surface area (Å²) in [6, 6.07) is 0. The van der Waals surface area contributed by atoms with Crippen molar-refractivity contribution < 1.29 is 13.8 Å². The minimum absolute atomic E-state index is 0.0681. The van der Waals surface area contributed by atoms with Gasteiger partial charge >= 0.3 is 5.69 Å². The van der Waals surface area contributed by atoms with Crippen LogP contribution in [0.3, 0.4) is 0 Å². The van der Waals surface area contributed by atoms with Gasteiger partial charge in [-0.1, -0.05) is 25.2 Å². The Balaban J connectivity index is 1.80. The van der Waals surface area contributed by atoms with Crippen LogP contribution >= 0.6 is 17.1 Å². The van der Waals surface area contributed by atoms with E-state index >= 15 is 0 Å². The Bertz CT molecular complexity index is 796. The molecule has 0 spiro atoms. The van der Waals surface area contributed by atoms with Crippen LogP contribution in [0.2, 0.25) is 0 Å². The fourth-order valence-corrected chi connectivity index (χ4v) is 9.71. The van der Waals surface area contributed by atoms with Crippen LogP contribution in [-0.4, -0.2) is 33.1 Å². The molecule has 0 bridgehead atoms. The molecule has 0 radical (unpaired) electrons. The average Bonchev–Trinajstić information content (AvgIpc) is 3.03. The summed E-state index contributed by atoms with van der Waals surface area (Å²) in [5.74, 6) is 0. The van der Waals surface area contributed by atoms with Gasteiger partial charge < -0.3 is 13.8 Å². The molecule has 1 aromatic rings. The standard InChI is InChI=1S/C15H23N2O5PS2/c1-5-11-12(22-23(24)21-9(3)10(4)25-23)6-13(20-11)17-7-8(2)14(18)16-15(17)19/h7,9-13H,5-6H2,1-4H3,(H,16,18,19)/t9?,10?,11-,12+,13-,23?/m1/s1. The molecule has 0 aliphatic carbocycles. The first-order chi connectivity index (χ1) is 11.7. The molecule has 0 aromatic carbocycles. The Labute approximate surface area is 155 Å². The van der Waals surface area contributed by atoms with E-state index in [0.717, 1.165) is 6.42 Å². The lowest BCUT2D eigenvalue weighted by molar-refractivity contribution is -0.0182. The molecule has 140 valence electrons. The summed E-state index contributed by atoms with van der Waals surface area (Å²) in [5, 5.41) is 0.300. The van der Waals surface area contributed by atoms with E-state index in [2.05, 4.69) is 11.9 Å². The molecular formula is C15H23N2O5PS2. The maximum absolute atomic E-state index is 12.1. The van der Waals surface area contributed by atoms with Gasteiger partial charge in [0.2, 0.25) is 5.69 Å². The van der Waals surface area contributed by atoms with Gasteiger partial charge in [0, 0.05) is 23.4 Å². The first-order valence-corrected chi connectivity index (χ1v) is 12.5. The molecule has 2 aliphatic heterocycles. The van der Waals surface area contributed by atoms with Crippen molar-refractivity contribution in [1.29, 1.82) is 0 Å². The maximum Gasteiger partial charge on any atom is 0.330 e. The molecule has 6 atom stereocenters. The number of nitrogens with one attached hydrogen (secondary N) is 1. The number of ether oxygens (including phenoxy) is 1. The zero-order valence-electron chi connectivity index (χ0n) is 14.6. The van der Waals surface area contributed by atoms with Gasteiger partial charge in [-0.05, 0) is 32.1 Å². The Morgan fingerprint density at radius 2 is 2.20 bits per heavy atom. The number of aryl methyl sites for hydroxylation is 1. The van der Waals surface area contributed by atoms with Crippen LogP contribution in [0, 0.1) is 6.92 Å². The van der Waals surface area contributed by atoms with Crippen LogP contribution in [0.5, 0.6) is 0 Å². The van der Waals surface area contributed by atoms with Gasteiger partial charge in [0.15, 0.2) is 0 Å². The zero-order chi connectivity index (χ0) is 18.4. The third-order valence-corrected chi connectivity index (χ3v) is 10.2. The summed E-state index contributed by atoms with van der Waals surface area (Å²) >= 11 is 7.23. The molecule has 0 amide bonds. The van der Waals surface area contributed by atoms with E-state index in [0.29, 0.717) is 17.2 Å². The Morgan fingerprint density at radius 1 is 1.48 bits per heavy atom. The van der Waals surface area contributed by atoms with Crippen LogP contribution in [0.1, 0.15) is 45.4 Å². The summed E-state index contributed by atoms with van der Waals surface area (Å²) in [5.41, 5.74) is -2.80. The second-order valence-corrected chi connectivity index (χ2v) is 12.9. The molecule has 2 saturated heterocycles. The molecular weight excluding hydrogens is 383 g/mol. The number of aromatic amines is 1. The lowest BCUT2D eigenvalue weighted by Gasteiger charge is -2.23. The molecule has 2 aliphatic rings. The Morgan fingerprint density at radius 3 is 2.80 bits per heavy atom. The third kappa shape index (κ3) is 3.96. The monoisotopic (exact) mass is 406 g/mol. The second-order valence-electron chi connectivity index (χ2n) is 6.46. The van der Waals surface area contributed by atoms with Gasteiger partial charge in [0.25, 0.3) is 5.56 Å². The lowest BCUT2D eigenvalue weighted by atomic mass is 10.1. The third-order valence-electron chi connectivity index (χ3n) is 4.56. The molecule has 0 saturated carbocycles. The van der Waals surface area contributed by atoms with Crippen molar-refractivity contribution in [2.75, 3.05) is 0 Å². The van der Waals surface area contributed by atoms with Gasteiger partial charge in [-0.2, -0.15) is 0 Å². The summed E-state index contributed by atoms with van der Waals surface area (Å²) in [7, 11) is 0. The molecule has 1 aromatic heterocycles. The number of nitrogens with zero attached hydrogens (tertiary/aromatic N) is 1. The SMILES string of the molecule is CC[C@H]1O[C@@H](n2cc(C)c(=O)[nH]c2=O)C[C@@H]1OP1(=S)OC(C)C(C)S1. The smallest absolute Gasteiger partial charge is 0.330 e. The molecule has 25 heavy (non-hydrogen) atoms. The van der Waals surface area contributed by atoms with E-state index in [1.807, 2.05) is 13.8 Å². The number of H-pyrrole nitrogens is 1. The van der Waals surface area contributed by atoms with Crippen molar-refractivity contribution >= 4 is 28.9 Å². The molecule has 3 unspecified atom stereocenters. The molecule has 1 N–H and O–H groups in total. The topological polar surface area (TPSA) is 82.6 Å². The minimum Gasteiger partial charge on any atom is -0.352 e. The van der Waals surface area contributed by atoms with Gasteiger partial charge in [-0.25, -0.2) is 4.79 Å². The van der Waals surface area contributed by atoms with E-state index in [9.17, 15) is 9.59 Å². The highest BCUT2D eigenvalue weighted by Gasteiger charge is 2.44. The normalized spacial score (nSPS) is 38.3. The predicted octanol–water partition coefficient (Wildman–Crippen LogP) is 2.69. The fourth-order valence-electron chi connectivity index (χ4n) is 2.96. The van der Waals surface area contributed by atoms with Crippen molar-refractivity contribution in [2.24, 2.45) is 0 Å². The van der Waals surface area contributed by atoms with Crippen molar-refractivity contribution in [2.45, 2.75) is 70.3 Å². The second kappa shape index (κ2) is 7.29. The largest absolute Gasteiger partial charge is 0.352 e. The van der Waals surface area contributed by atoms with Gasteiger partial charge in [0.1, 0.15) is 6.23 Å². The van der Waals surface area contributed by atoms with E-state index in [4.69, 9.17) is 25.6 Å². The zero-order valence-corrected chi connectivity index (χ0v) is 17.2. The van der Waals surface area contributed by atoms with Gasteiger partial charge in [-0.3, -0.25) is 14.3 Å². The quantitative estimate of drug-likeness (QED) is 0.770. The molecule has 10 heteroatoms. The Hall–Kier alpha value is -0.440. The van der Waals surface area contributed by atoms with Crippen LogP contribution in [0.15, 0.2) is 15.8 Å². The van der Waals surface area contributed by atoms with Crippen molar-refractivity contribution in [1.82, 2.24) is 9.55 Å². The molecule has 7 nitrogen and oxygen atoms in total. The van der Waals surface area contributed by atoms with Crippen molar-refractivity contribution in [3.05, 3.63) is 32.6 Å². The van der Waals surface area contributed by atoms with Gasteiger partial charge in [-0.15, -0.1) is 0 Å². The first-order valence-electron chi connectivity index (χ1n) is 8.35. The molecule has 2 fully saturated rings. The first kappa shape index (κ1) is 19.3. The highest BCUT2D eigenvalue weighted by atomic mass is 32.9. The van der Waals surface area contributed by atoms with E-state index in [1.165, 1.54) is 10.8 Å². The highest BCUT2D eigenvalue weighted by molar-refractivity contribution is 8.68. The van der Waals surface area contributed by atoms with Crippen LogP contribution in [0.25, 0.3) is 0 Å². The number of hydrogen-bond donors (Lipinski definition) is 1. The number of rotatable bonds is 4. The summed E-state index contributed by atoms with van der Waals surface area (Å²) < 4.78 is 19.6. The minimum atomic E-state index is -2.40. The van der Waals surface area contributed by atoms with E-state index in [-0.39, 0.29) is 23.9 Å². The summed E-state index contributed by atoms with van der Waals surface area (Å²) in [6.45, 7) is 7.75. The van der Waals surface area contributed by atoms with Crippen LogP contribution in [0.4, 0.5) is 0 Å². The Kier molecular flexibility index (Phi) is 5.63. The average molecular weight is 406 g/mol. The number of aromatic nitrogens is 2. The summed E-state index contributed by atoms with van der Waals surface area (Å²) in [4.78, 5) is 26.0. The fraction of sp³-hybridized carbons (Fsp3) is 0.733. The predicted molar refractivity (Wildman–Crippen MR) is 102 cm³/mol. The highest BCUT2D eigenvalue weighted by Crippen LogP contribution is 2.70. The lowest BCUT2D eigenvalue weighted by Crippen LogP contribution is -2.33. The molecule has 3 heterocycles. The molecule has 3 rings (SSSR count). The number of hydrogen-bond acceptors (Lipinski definition) is 7. The van der Waals surface area contributed by atoms with Crippen molar-refractivity contribution in [3.63, 3.8) is 0 Å². The van der Waals surface area contributed by atoms with Crippen LogP contribution < -0.4 is 11.2 Å². The van der Waals surface area contributed by atoms with E-state index < -0.39 is 17.6 Å². The maximum atomic E-state index is 12.1. The van der Waals surface area contributed by atoms with Crippen molar-refractivity contribution in [3.8, 4) is 0 Å². The van der Waals surface area contributed by atoms with E-state index in [1.54, 1.807) is 18.3 Å². The van der Waals surface area contributed by atoms with Crippen LogP contribution in [-0.2, 0) is 25.6 Å². The summed E-state index contributed by atoms with van der Waals surface area (Å²) in [6.07, 6.45) is 1.95. The van der Waals surface area contributed by atoms with Gasteiger partial charge in [0.05, 0.1) is 18.3 Å².